The molecule has 108 valence electrons. The zero-order valence-corrected chi connectivity index (χ0v) is 11.1. The molecule has 0 saturated heterocycles. The van der Waals surface area contributed by atoms with E-state index in [9.17, 15) is 19.1 Å². The van der Waals surface area contributed by atoms with Gasteiger partial charge in [-0.1, -0.05) is 6.07 Å². The fraction of sp³-hybridized carbons (Fsp3) is 0.0667. The van der Waals surface area contributed by atoms with Crippen LogP contribution < -0.4 is 5.32 Å². The van der Waals surface area contributed by atoms with E-state index >= 15 is 0 Å². The van der Waals surface area contributed by atoms with Crippen LogP contribution in [0, 0.1) is 12.7 Å². The van der Waals surface area contributed by atoms with Crippen LogP contribution in [0.4, 0.5) is 10.1 Å². The van der Waals surface area contributed by atoms with Gasteiger partial charge in [0.25, 0.3) is 5.91 Å². The third-order valence-corrected chi connectivity index (χ3v) is 3.01. The van der Waals surface area contributed by atoms with Crippen LogP contribution in [0.1, 0.15) is 26.3 Å². The van der Waals surface area contributed by atoms with Gasteiger partial charge in [-0.2, -0.15) is 0 Å². The number of benzene rings is 2. The summed E-state index contributed by atoms with van der Waals surface area (Å²) in [6, 6.07) is 7.63. The second kappa shape index (κ2) is 5.62. The largest absolute Gasteiger partial charge is 0.508 e. The first-order valence-corrected chi connectivity index (χ1v) is 6.03. The highest BCUT2D eigenvalue weighted by Gasteiger charge is 2.14. The SMILES string of the molecule is Cc1c(O)cccc1C(=O)Nc1ccc(C(=O)O)cc1F. The summed E-state index contributed by atoms with van der Waals surface area (Å²) >= 11 is 0. The van der Waals surface area contributed by atoms with Crippen LogP contribution in [0.2, 0.25) is 0 Å². The summed E-state index contributed by atoms with van der Waals surface area (Å²) in [6.07, 6.45) is 0. The Morgan fingerprint density at radius 2 is 1.90 bits per heavy atom. The van der Waals surface area contributed by atoms with E-state index < -0.39 is 17.7 Å². The van der Waals surface area contributed by atoms with Gasteiger partial charge in [-0.15, -0.1) is 0 Å². The van der Waals surface area contributed by atoms with Gasteiger partial charge in [0.1, 0.15) is 11.6 Å². The van der Waals surface area contributed by atoms with Gasteiger partial charge in [-0.05, 0) is 37.3 Å². The predicted molar refractivity (Wildman–Crippen MR) is 74.2 cm³/mol. The molecule has 3 N–H and O–H groups in total. The zero-order valence-electron chi connectivity index (χ0n) is 11.1. The monoisotopic (exact) mass is 289 g/mol. The Bertz CT molecular complexity index is 728. The Balaban J connectivity index is 2.28. The van der Waals surface area contributed by atoms with E-state index in [1.54, 1.807) is 6.92 Å². The first-order chi connectivity index (χ1) is 9.90. The van der Waals surface area contributed by atoms with Gasteiger partial charge >= 0.3 is 5.97 Å². The van der Waals surface area contributed by atoms with Crippen LogP contribution in [0.5, 0.6) is 5.75 Å². The molecule has 0 aromatic heterocycles. The Labute approximate surface area is 119 Å². The van der Waals surface area contributed by atoms with Crippen LogP contribution in [0.3, 0.4) is 0 Å². The molecule has 6 heteroatoms. The molecule has 0 radical (unpaired) electrons. The van der Waals surface area contributed by atoms with Crippen molar-refractivity contribution in [3.63, 3.8) is 0 Å². The van der Waals surface area contributed by atoms with Gasteiger partial charge in [0.2, 0.25) is 0 Å². The number of rotatable bonds is 3. The summed E-state index contributed by atoms with van der Waals surface area (Å²) in [4.78, 5) is 22.8. The Morgan fingerprint density at radius 1 is 1.19 bits per heavy atom. The molecule has 0 fully saturated rings. The van der Waals surface area contributed by atoms with E-state index in [2.05, 4.69) is 5.32 Å². The van der Waals surface area contributed by atoms with Crippen LogP contribution >= 0.6 is 0 Å². The van der Waals surface area contributed by atoms with Crippen LogP contribution in [0.15, 0.2) is 36.4 Å². The van der Waals surface area contributed by atoms with Gasteiger partial charge < -0.3 is 15.5 Å². The molecule has 0 bridgehead atoms. The second-order valence-corrected chi connectivity index (χ2v) is 4.40. The number of carboxylic acids is 1. The maximum atomic E-state index is 13.7. The number of hydrogen-bond donors (Lipinski definition) is 3. The Hall–Kier alpha value is -2.89. The van der Waals surface area contributed by atoms with E-state index in [-0.39, 0.29) is 22.6 Å². The van der Waals surface area contributed by atoms with E-state index in [1.807, 2.05) is 0 Å². The zero-order chi connectivity index (χ0) is 15.6. The highest BCUT2D eigenvalue weighted by Crippen LogP contribution is 2.22. The fourth-order valence-electron chi connectivity index (χ4n) is 1.81. The summed E-state index contributed by atoms with van der Waals surface area (Å²) in [5, 5.41) is 20.6. The van der Waals surface area contributed by atoms with Crippen molar-refractivity contribution < 1.29 is 24.2 Å². The lowest BCUT2D eigenvalue weighted by atomic mass is 10.1. The van der Waals surface area contributed by atoms with Crippen molar-refractivity contribution in [2.75, 3.05) is 5.32 Å². The van der Waals surface area contributed by atoms with Crippen molar-refractivity contribution in [3.8, 4) is 5.75 Å². The number of carboxylic acid groups (broad SMARTS) is 1. The van der Waals surface area contributed by atoms with E-state index in [1.165, 1.54) is 30.3 Å². The number of halogens is 1. The molecule has 2 aromatic carbocycles. The average molecular weight is 289 g/mol. The first-order valence-electron chi connectivity index (χ1n) is 6.03. The smallest absolute Gasteiger partial charge is 0.335 e. The number of phenolic OH excluding ortho intramolecular Hbond substituents is 1. The molecule has 5 nitrogen and oxygen atoms in total. The van der Waals surface area contributed by atoms with Crippen LogP contribution in [-0.4, -0.2) is 22.1 Å². The number of aromatic hydroxyl groups is 1. The van der Waals surface area contributed by atoms with Crippen molar-refractivity contribution in [1.29, 1.82) is 0 Å². The van der Waals surface area contributed by atoms with Gasteiger partial charge in [-0.25, -0.2) is 9.18 Å². The first kappa shape index (κ1) is 14.5. The number of amides is 1. The number of carbonyl (C=O) groups is 2. The Morgan fingerprint density at radius 3 is 2.52 bits per heavy atom. The third-order valence-electron chi connectivity index (χ3n) is 3.01. The number of aromatic carboxylic acids is 1. The van der Waals surface area contributed by atoms with Crippen molar-refractivity contribution in [2.24, 2.45) is 0 Å². The molecule has 0 atom stereocenters. The molecular formula is C15H12FNO4. The summed E-state index contributed by atoms with van der Waals surface area (Å²) in [7, 11) is 0. The number of phenols is 1. The minimum atomic E-state index is -1.25. The maximum Gasteiger partial charge on any atom is 0.335 e. The molecule has 0 heterocycles. The Kier molecular flexibility index (Phi) is 3.89. The fourth-order valence-corrected chi connectivity index (χ4v) is 1.81. The van der Waals surface area contributed by atoms with Crippen molar-refractivity contribution >= 4 is 17.6 Å². The lowest BCUT2D eigenvalue weighted by Gasteiger charge is -2.09. The average Bonchev–Trinajstić information content (AvgIpc) is 2.43. The maximum absolute atomic E-state index is 13.7. The lowest BCUT2D eigenvalue weighted by molar-refractivity contribution is 0.0696. The molecule has 1 amide bonds. The van der Waals surface area contributed by atoms with Crippen molar-refractivity contribution in [3.05, 3.63) is 58.9 Å². The molecule has 0 aliphatic rings. The third kappa shape index (κ3) is 3.00. The standard InChI is InChI=1S/C15H12FNO4/c1-8-10(3-2-4-13(8)18)14(19)17-12-6-5-9(15(20)21)7-11(12)16/h2-7,18H,1H3,(H,17,19)(H,20,21). The van der Waals surface area contributed by atoms with Crippen LogP contribution in [0.25, 0.3) is 0 Å². The van der Waals surface area contributed by atoms with Gasteiger partial charge in [0.15, 0.2) is 0 Å². The molecule has 0 unspecified atom stereocenters. The number of hydrogen-bond acceptors (Lipinski definition) is 3. The minimum Gasteiger partial charge on any atom is -0.508 e. The van der Waals surface area contributed by atoms with E-state index in [0.717, 1.165) is 6.07 Å². The topological polar surface area (TPSA) is 86.6 Å². The summed E-state index contributed by atoms with van der Waals surface area (Å²) in [6.45, 7) is 1.56. The molecule has 0 spiro atoms. The summed E-state index contributed by atoms with van der Waals surface area (Å²) < 4.78 is 13.7. The molecule has 21 heavy (non-hydrogen) atoms. The molecule has 2 aromatic rings. The quantitative estimate of drug-likeness (QED) is 0.811. The molecule has 0 aliphatic carbocycles. The molecular weight excluding hydrogens is 277 g/mol. The van der Waals surface area contributed by atoms with Gasteiger partial charge in [0.05, 0.1) is 11.3 Å². The molecule has 0 saturated carbocycles. The van der Waals surface area contributed by atoms with E-state index in [0.29, 0.717) is 5.56 Å². The summed E-state index contributed by atoms with van der Waals surface area (Å²) in [5.74, 6) is -2.73. The number of anilines is 1. The predicted octanol–water partition coefficient (Wildman–Crippen LogP) is 2.79. The summed E-state index contributed by atoms with van der Waals surface area (Å²) in [5.41, 5.74) is 0.237. The van der Waals surface area contributed by atoms with Crippen molar-refractivity contribution in [2.45, 2.75) is 6.92 Å². The normalized spacial score (nSPS) is 10.2. The van der Waals surface area contributed by atoms with Crippen LogP contribution in [-0.2, 0) is 0 Å². The number of carbonyl (C=O) groups excluding carboxylic acids is 1. The highest BCUT2D eigenvalue weighted by atomic mass is 19.1. The lowest BCUT2D eigenvalue weighted by Crippen LogP contribution is -2.14. The molecule has 2 rings (SSSR count). The van der Waals surface area contributed by atoms with Crippen molar-refractivity contribution in [1.82, 2.24) is 0 Å². The van der Waals surface area contributed by atoms with Gasteiger partial charge in [0, 0.05) is 11.1 Å². The molecule has 0 aliphatic heterocycles. The van der Waals surface area contributed by atoms with E-state index in [4.69, 9.17) is 5.11 Å². The second-order valence-electron chi connectivity index (χ2n) is 4.40. The highest BCUT2D eigenvalue weighted by molar-refractivity contribution is 6.05. The number of nitrogens with one attached hydrogen (secondary N) is 1. The minimum absolute atomic E-state index is 0.0376. The van der Waals surface area contributed by atoms with Gasteiger partial charge in [-0.3, -0.25) is 4.79 Å².